The van der Waals surface area contributed by atoms with Gasteiger partial charge in [0.1, 0.15) is 29.5 Å². The zero-order valence-corrected chi connectivity index (χ0v) is 22.0. The van der Waals surface area contributed by atoms with Crippen molar-refractivity contribution >= 4 is 22.8 Å². The lowest BCUT2D eigenvalue weighted by molar-refractivity contribution is 0.0945. The number of furan rings is 1. The molecule has 0 spiro atoms. The molecular formula is C30H32FN3O4. The minimum atomic E-state index is -0.378. The van der Waals surface area contributed by atoms with E-state index in [-0.39, 0.29) is 17.6 Å². The third kappa shape index (κ3) is 5.86. The summed E-state index contributed by atoms with van der Waals surface area (Å²) in [4.78, 5) is 25.8. The van der Waals surface area contributed by atoms with Gasteiger partial charge in [-0.15, -0.1) is 0 Å². The third-order valence-corrected chi connectivity index (χ3v) is 6.08. The summed E-state index contributed by atoms with van der Waals surface area (Å²) in [5.74, 6) is 0.414. The number of hydrogen-bond acceptors (Lipinski definition) is 5. The van der Waals surface area contributed by atoms with Gasteiger partial charge in [-0.05, 0) is 73.1 Å². The van der Waals surface area contributed by atoms with Crippen molar-refractivity contribution in [2.24, 2.45) is 5.92 Å². The first-order valence-corrected chi connectivity index (χ1v) is 12.6. The number of likely N-dealkylation sites (N-methyl/N-ethyl adjacent to an activating group) is 1. The van der Waals surface area contributed by atoms with E-state index in [1.807, 2.05) is 33.0 Å². The van der Waals surface area contributed by atoms with Crippen LogP contribution in [-0.4, -0.2) is 45.6 Å². The Morgan fingerprint density at radius 2 is 1.68 bits per heavy atom. The predicted octanol–water partition coefficient (Wildman–Crippen LogP) is 5.25. The van der Waals surface area contributed by atoms with Gasteiger partial charge in [0.05, 0.1) is 5.56 Å². The molecule has 4 aromatic rings. The van der Waals surface area contributed by atoms with Crippen LogP contribution in [0.2, 0.25) is 0 Å². The quantitative estimate of drug-likeness (QED) is 0.250. The lowest BCUT2D eigenvalue weighted by Gasteiger charge is -2.14. The van der Waals surface area contributed by atoms with Crippen molar-refractivity contribution in [3.63, 3.8) is 0 Å². The first-order chi connectivity index (χ1) is 18.3. The molecule has 1 aromatic heterocycles. The Hall–Kier alpha value is -4.17. The second-order valence-corrected chi connectivity index (χ2v) is 9.37. The van der Waals surface area contributed by atoms with E-state index >= 15 is 0 Å². The van der Waals surface area contributed by atoms with Crippen LogP contribution in [0.3, 0.4) is 0 Å². The number of carbonyl (C=O) groups is 2. The fourth-order valence-corrected chi connectivity index (χ4v) is 4.10. The summed E-state index contributed by atoms with van der Waals surface area (Å²) in [6.07, 6.45) is 0. The number of halogens is 1. The largest absolute Gasteiger partial charge is 0.492 e. The van der Waals surface area contributed by atoms with Crippen LogP contribution in [-0.2, 0) is 0 Å². The summed E-state index contributed by atoms with van der Waals surface area (Å²) in [5.41, 5.74) is 3.42. The van der Waals surface area contributed by atoms with Gasteiger partial charge in [0.15, 0.2) is 0 Å². The number of ether oxygens (including phenoxy) is 1. The second-order valence-electron chi connectivity index (χ2n) is 9.37. The highest BCUT2D eigenvalue weighted by Gasteiger charge is 2.23. The maximum atomic E-state index is 13.5. The van der Waals surface area contributed by atoms with Gasteiger partial charge in [0.25, 0.3) is 11.8 Å². The molecule has 0 saturated heterocycles. The van der Waals surface area contributed by atoms with E-state index in [9.17, 15) is 14.0 Å². The van der Waals surface area contributed by atoms with E-state index < -0.39 is 0 Å². The number of carbonyl (C=O) groups excluding carboxylic acids is 2. The Morgan fingerprint density at radius 3 is 2.37 bits per heavy atom. The number of rotatable bonds is 10. The van der Waals surface area contributed by atoms with Crippen molar-refractivity contribution < 1.29 is 23.1 Å². The van der Waals surface area contributed by atoms with Gasteiger partial charge < -0.3 is 25.1 Å². The van der Waals surface area contributed by atoms with Gasteiger partial charge in [-0.2, -0.15) is 0 Å². The number of hydrogen-bond donors (Lipinski definition) is 3. The predicted molar refractivity (Wildman–Crippen MR) is 147 cm³/mol. The van der Waals surface area contributed by atoms with E-state index in [0.29, 0.717) is 70.3 Å². The van der Waals surface area contributed by atoms with Crippen molar-refractivity contribution in [1.82, 2.24) is 16.0 Å². The van der Waals surface area contributed by atoms with Crippen LogP contribution >= 0.6 is 0 Å². The van der Waals surface area contributed by atoms with E-state index in [1.54, 1.807) is 43.4 Å². The van der Waals surface area contributed by atoms with Gasteiger partial charge in [-0.3, -0.25) is 9.59 Å². The van der Waals surface area contributed by atoms with Gasteiger partial charge in [0.2, 0.25) is 0 Å². The average molecular weight is 518 g/mol. The Bertz CT molecular complexity index is 1440. The molecule has 198 valence electrons. The molecule has 7 nitrogen and oxygen atoms in total. The molecule has 3 N–H and O–H groups in total. The number of amides is 2. The van der Waals surface area contributed by atoms with Crippen molar-refractivity contribution in [2.75, 3.05) is 33.8 Å². The lowest BCUT2D eigenvalue weighted by atomic mass is 9.98. The molecule has 3 aromatic carbocycles. The summed E-state index contributed by atoms with van der Waals surface area (Å²) in [6, 6.07) is 16.6. The van der Waals surface area contributed by atoms with Crippen LogP contribution in [0.5, 0.6) is 5.75 Å². The Morgan fingerprint density at radius 1 is 0.947 bits per heavy atom. The Balaban J connectivity index is 1.84. The summed E-state index contributed by atoms with van der Waals surface area (Å²) in [6.45, 7) is 5.73. The number of nitrogens with one attached hydrogen (secondary N) is 3. The lowest BCUT2D eigenvalue weighted by Crippen LogP contribution is -2.27. The van der Waals surface area contributed by atoms with Crippen LogP contribution in [0.15, 0.2) is 65.1 Å². The molecule has 4 rings (SSSR count). The fraction of sp³-hybridized carbons (Fsp3) is 0.267. The highest BCUT2D eigenvalue weighted by Crippen LogP contribution is 2.38. The zero-order chi connectivity index (χ0) is 27.2. The Labute approximate surface area is 221 Å². The van der Waals surface area contributed by atoms with E-state index in [1.165, 1.54) is 12.1 Å². The van der Waals surface area contributed by atoms with Crippen molar-refractivity contribution in [1.29, 1.82) is 0 Å². The molecule has 38 heavy (non-hydrogen) atoms. The van der Waals surface area contributed by atoms with Crippen LogP contribution in [0, 0.1) is 11.7 Å². The van der Waals surface area contributed by atoms with Gasteiger partial charge >= 0.3 is 0 Å². The average Bonchev–Trinajstić information content (AvgIpc) is 3.30. The monoisotopic (exact) mass is 517 g/mol. The topological polar surface area (TPSA) is 92.6 Å². The van der Waals surface area contributed by atoms with Crippen LogP contribution < -0.4 is 20.7 Å². The fourth-order valence-electron chi connectivity index (χ4n) is 4.10. The van der Waals surface area contributed by atoms with E-state index in [2.05, 4.69) is 16.0 Å². The minimum absolute atomic E-state index is 0.171. The standard InChI is InChI=1S/C30H32FN3O4/c1-18(2)17-34-29(35)21-8-11-25(37-14-13-32-3)23(16-21)20-7-12-26-24(15-20)27(30(36)33-4)28(38-26)19-5-9-22(31)10-6-19/h5-12,15-16,18,32H,13-14,17H2,1-4H3,(H,33,36)(H,34,35). The highest BCUT2D eigenvalue weighted by atomic mass is 19.1. The summed E-state index contributed by atoms with van der Waals surface area (Å²) in [7, 11) is 3.39. The zero-order valence-electron chi connectivity index (χ0n) is 22.0. The summed E-state index contributed by atoms with van der Waals surface area (Å²) < 4.78 is 25.7. The molecule has 0 radical (unpaired) electrons. The van der Waals surface area contributed by atoms with Crippen LogP contribution in [0.1, 0.15) is 34.6 Å². The maximum absolute atomic E-state index is 13.5. The van der Waals surface area contributed by atoms with E-state index in [4.69, 9.17) is 9.15 Å². The first-order valence-electron chi connectivity index (χ1n) is 12.6. The summed E-state index contributed by atoms with van der Waals surface area (Å²) >= 11 is 0. The molecule has 0 bridgehead atoms. The SMILES string of the molecule is CNCCOc1ccc(C(=O)NCC(C)C)cc1-c1ccc2oc(-c3ccc(F)cc3)c(C(=O)NC)c2c1. The normalized spacial score (nSPS) is 11.1. The van der Waals surface area contributed by atoms with Crippen molar-refractivity contribution in [3.8, 4) is 28.2 Å². The molecule has 0 aliphatic rings. The van der Waals surface area contributed by atoms with Gasteiger partial charge in [-0.1, -0.05) is 19.9 Å². The molecule has 8 heteroatoms. The van der Waals surface area contributed by atoms with Gasteiger partial charge in [0, 0.05) is 42.2 Å². The second kappa shape index (κ2) is 11.9. The molecule has 0 aliphatic carbocycles. The first kappa shape index (κ1) is 26.9. The minimum Gasteiger partial charge on any atom is -0.492 e. The van der Waals surface area contributed by atoms with Crippen molar-refractivity contribution in [3.05, 3.63) is 77.6 Å². The molecule has 1 heterocycles. The third-order valence-electron chi connectivity index (χ3n) is 6.08. The molecule has 2 amide bonds. The smallest absolute Gasteiger partial charge is 0.255 e. The number of fused-ring (bicyclic) bond motifs is 1. The molecule has 0 saturated carbocycles. The van der Waals surface area contributed by atoms with E-state index in [0.717, 1.165) is 5.56 Å². The van der Waals surface area contributed by atoms with Crippen LogP contribution in [0.4, 0.5) is 4.39 Å². The maximum Gasteiger partial charge on any atom is 0.255 e. The number of benzene rings is 3. The Kier molecular flexibility index (Phi) is 8.43. The summed E-state index contributed by atoms with van der Waals surface area (Å²) in [5, 5.41) is 9.28. The highest BCUT2D eigenvalue weighted by molar-refractivity contribution is 6.12. The molecule has 0 fully saturated rings. The molecular weight excluding hydrogens is 485 g/mol. The molecule has 0 aliphatic heterocycles. The van der Waals surface area contributed by atoms with Crippen molar-refractivity contribution in [2.45, 2.75) is 13.8 Å². The molecule has 0 unspecified atom stereocenters. The molecule has 0 atom stereocenters. The van der Waals surface area contributed by atoms with Gasteiger partial charge in [-0.25, -0.2) is 4.39 Å². The van der Waals surface area contributed by atoms with Crippen LogP contribution in [0.25, 0.3) is 33.4 Å².